The van der Waals surface area contributed by atoms with E-state index >= 15 is 0 Å². The number of aryl methyl sites for hydroxylation is 1. The number of halogens is 2. The van der Waals surface area contributed by atoms with Gasteiger partial charge in [0.2, 0.25) is 5.91 Å². The molecule has 4 nitrogen and oxygen atoms in total. The minimum atomic E-state index is -0.242. The molecule has 1 heterocycles. The molecular formula is C20H16BrClN2O2S. The zero-order chi connectivity index (χ0) is 19.4. The Morgan fingerprint density at radius 3 is 2.81 bits per heavy atom. The van der Waals surface area contributed by atoms with Crippen molar-refractivity contribution in [3.05, 3.63) is 68.5 Å². The van der Waals surface area contributed by atoms with Crippen molar-refractivity contribution in [3.8, 4) is 17.0 Å². The Morgan fingerprint density at radius 1 is 1.30 bits per heavy atom. The Kier molecular flexibility index (Phi) is 6.31. The molecular weight excluding hydrogens is 448 g/mol. The zero-order valence-corrected chi connectivity index (χ0v) is 17.8. The van der Waals surface area contributed by atoms with Gasteiger partial charge in [-0.2, -0.15) is 0 Å². The summed E-state index contributed by atoms with van der Waals surface area (Å²) in [6.45, 7) is 1.97. The maximum atomic E-state index is 12.2. The molecule has 3 rings (SSSR count). The second-order valence-corrected chi connectivity index (χ2v) is 8.14. The summed E-state index contributed by atoms with van der Waals surface area (Å²) < 4.78 is 6.02. The number of amides is 1. The van der Waals surface area contributed by atoms with Crippen molar-refractivity contribution < 1.29 is 9.53 Å². The van der Waals surface area contributed by atoms with Crippen LogP contribution in [0.4, 0.5) is 5.13 Å². The number of carbonyl (C=O) groups excluding carboxylic acids is 1. The molecule has 1 N–H and O–H groups in total. The predicted molar refractivity (Wildman–Crippen MR) is 116 cm³/mol. The summed E-state index contributed by atoms with van der Waals surface area (Å²) in [5.74, 6) is 0.497. The average Bonchev–Trinajstić information content (AvgIpc) is 3.00. The number of thiazole rings is 1. The third-order valence-electron chi connectivity index (χ3n) is 3.73. The summed E-state index contributed by atoms with van der Waals surface area (Å²) in [4.78, 5) is 17.7. The van der Waals surface area contributed by atoms with Crippen LogP contribution < -0.4 is 10.1 Å². The molecule has 0 aliphatic heterocycles. The molecule has 0 saturated heterocycles. The number of hydrogen-bond donors (Lipinski definition) is 1. The molecule has 7 heteroatoms. The summed E-state index contributed by atoms with van der Waals surface area (Å²) in [6, 6.07) is 13.1. The standard InChI is InChI=1S/C20H16BrClN2O2S/c1-12-19(14-4-3-5-15(22)11-14)24-20(27-12)23-18(25)9-7-13-6-8-17(26-2)16(21)10-13/h3-11H,1-2H3,(H,23,24,25). The Morgan fingerprint density at radius 2 is 2.11 bits per heavy atom. The van der Waals surface area contributed by atoms with Crippen LogP contribution in [-0.2, 0) is 4.79 Å². The van der Waals surface area contributed by atoms with Crippen molar-refractivity contribution in [2.24, 2.45) is 0 Å². The number of rotatable bonds is 5. The maximum absolute atomic E-state index is 12.2. The molecule has 3 aromatic rings. The number of aromatic nitrogens is 1. The van der Waals surface area contributed by atoms with Crippen molar-refractivity contribution in [1.29, 1.82) is 0 Å². The van der Waals surface area contributed by atoms with E-state index in [0.717, 1.165) is 31.9 Å². The third kappa shape index (κ3) is 4.97. The minimum absolute atomic E-state index is 0.242. The summed E-state index contributed by atoms with van der Waals surface area (Å²) in [6.07, 6.45) is 3.21. The first kappa shape index (κ1) is 19.6. The summed E-state index contributed by atoms with van der Waals surface area (Å²) in [5, 5.41) is 4.01. The van der Waals surface area contributed by atoms with Crippen molar-refractivity contribution >= 4 is 56.0 Å². The quantitative estimate of drug-likeness (QED) is 0.459. The fourth-order valence-corrected chi connectivity index (χ4v) is 4.05. The van der Waals surface area contributed by atoms with E-state index in [1.807, 2.05) is 49.4 Å². The van der Waals surface area contributed by atoms with E-state index in [1.54, 1.807) is 13.2 Å². The van der Waals surface area contributed by atoms with Crippen LogP contribution in [0.5, 0.6) is 5.75 Å². The van der Waals surface area contributed by atoms with Crippen LogP contribution in [0.15, 0.2) is 53.0 Å². The number of nitrogens with zero attached hydrogens (tertiary/aromatic N) is 1. The lowest BCUT2D eigenvalue weighted by Crippen LogP contribution is -2.07. The predicted octanol–water partition coefficient (Wildman–Crippen LogP) is 6.19. The van der Waals surface area contributed by atoms with Crippen molar-refractivity contribution in [1.82, 2.24) is 4.98 Å². The maximum Gasteiger partial charge on any atom is 0.250 e. The van der Waals surface area contributed by atoms with Gasteiger partial charge in [-0.05, 0) is 58.8 Å². The van der Waals surface area contributed by atoms with Gasteiger partial charge in [-0.3, -0.25) is 10.1 Å². The van der Waals surface area contributed by atoms with Crippen LogP contribution in [0.2, 0.25) is 5.02 Å². The van der Waals surface area contributed by atoms with Crippen molar-refractivity contribution in [3.63, 3.8) is 0 Å². The first-order valence-corrected chi connectivity index (χ1v) is 10.0. The van der Waals surface area contributed by atoms with Crippen LogP contribution in [0, 0.1) is 6.92 Å². The smallest absolute Gasteiger partial charge is 0.250 e. The lowest BCUT2D eigenvalue weighted by atomic mass is 10.1. The van der Waals surface area contributed by atoms with Crippen LogP contribution in [-0.4, -0.2) is 18.0 Å². The number of carbonyl (C=O) groups is 1. The van der Waals surface area contributed by atoms with E-state index in [-0.39, 0.29) is 5.91 Å². The molecule has 0 fully saturated rings. The number of hydrogen-bond acceptors (Lipinski definition) is 4. The minimum Gasteiger partial charge on any atom is -0.496 e. The van der Waals surface area contributed by atoms with E-state index in [9.17, 15) is 4.79 Å². The second-order valence-electron chi connectivity index (χ2n) is 5.65. The van der Waals surface area contributed by atoms with Crippen LogP contribution >= 0.6 is 38.9 Å². The van der Waals surface area contributed by atoms with Gasteiger partial charge in [-0.1, -0.05) is 29.8 Å². The van der Waals surface area contributed by atoms with E-state index in [0.29, 0.717) is 10.2 Å². The molecule has 0 bridgehead atoms. The van der Waals surface area contributed by atoms with Gasteiger partial charge < -0.3 is 4.74 Å². The molecule has 138 valence electrons. The lowest BCUT2D eigenvalue weighted by molar-refractivity contribution is -0.111. The Bertz CT molecular complexity index is 1020. The molecule has 0 aliphatic carbocycles. The number of benzene rings is 2. The van der Waals surface area contributed by atoms with E-state index in [4.69, 9.17) is 16.3 Å². The average molecular weight is 464 g/mol. The lowest BCUT2D eigenvalue weighted by Gasteiger charge is -2.03. The van der Waals surface area contributed by atoms with E-state index in [1.165, 1.54) is 17.4 Å². The monoisotopic (exact) mass is 462 g/mol. The highest BCUT2D eigenvalue weighted by molar-refractivity contribution is 9.10. The SMILES string of the molecule is COc1ccc(C=CC(=O)Nc2nc(-c3cccc(Cl)c3)c(C)s2)cc1Br. The molecule has 0 atom stereocenters. The van der Waals surface area contributed by atoms with Gasteiger partial charge in [0.05, 0.1) is 17.3 Å². The highest BCUT2D eigenvalue weighted by atomic mass is 79.9. The normalized spacial score (nSPS) is 11.0. The molecule has 0 spiro atoms. The second kappa shape index (κ2) is 8.69. The highest BCUT2D eigenvalue weighted by Crippen LogP contribution is 2.31. The van der Waals surface area contributed by atoms with Gasteiger partial charge in [0.25, 0.3) is 0 Å². The third-order valence-corrected chi connectivity index (χ3v) is 5.47. The molecule has 0 saturated carbocycles. The van der Waals surface area contributed by atoms with Gasteiger partial charge >= 0.3 is 0 Å². The number of nitrogens with one attached hydrogen (secondary N) is 1. The van der Waals surface area contributed by atoms with Gasteiger partial charge in [0.15, 0.2) is 5.13 Å². The van der Waals surface area contributed by atoms with Gasteiger partial charge in [-0.15, -0.1) is 11.3 Å². The van der Waals surface area contributed by atoms with Gasteiger partial charge in [0.1, 0.15) is 5.75 Å². The Labute approximate surface area is 175 Å². The first-order chi connectivity index (χ1) is 13.0. The largest absolute Gasteiger partial charge is 0.496 e. The highest BCUT2D eigenvalue weighted by Gasteiger charge is 2.11. The molecule has 27 heavy (non-hydrogen) atoms. The van der Waals surface area contributed by atoms with Crippen molar-refractivity contribution in [2.45, 2.75) is 6.92 Å². The Balaban J connectivity index is 1.71. The summed E-state index contributed by atoms with van der Waals surface area (Å²) in [7, 11) is 1.61. The Hall–Kier alpha value is -2.15. The number of ether oxygens (including phenoxy) is 1. The molecule has 1 amide bonds. The van der Waals surface area contributed by atoms with Gasteiger partial charge in [0, 0.05) is 21.5 Å². The van der Waals surface area contributed by atoms with Crippen LogP contribution in [0.1, 0.15) is 10.4 Å². The fourth-order valence-electron chi connectivity index (χ4n) is 2.46. The van der Waals surface area contributed by atoms with E-state index < -0.39 is 0 Å². The zero-order valence-electron chi connectivity index (χ0n) is 14.6. The number of anilines is 1. The first-order valence-electron chi connectivity index (χ1n) is 8.02. The van der Waals surface area contributed by atoms with E-state index in [2.05, 4.69) is 26.2 Å². The molecule has 0 unspecified atom stereocenters. The van der Waals surface area contributed by atoms with Crippen LogP contribution in [0.3, 0.4) is 0 Å². The van der Waals surface area contributed by atoms with Gasteiger partial charge in [-0.25, -0.2) is 4.98 Å². The summed E-state index contributed by atoms with van der Waals surface area (Å²) in [5.41, 5.74) is 2.63. The molecule has 1 aromatic heterocycles. The fraction of sp³-hybridized carbons (Fsp3) is 0.100. The topological polar surface area (TPSA) is 51.2 Å². The molecule has 0 aliphatic rings. The molecule has 2 aromatic carbocycles. The van der Waals surface area contributed by atoms with Crippen LogP contribution in [0.25, 0.3) is 17.3 Å². The number of methoxy groups -OCH3 is 1. The molecule has 0 radical (unpaired) electrons. The van der Waals surface area contributed by atoms with Crippen molar-refractivity contribution in [2.75, 3.05) is 12.4 Å². The summed E-state index contributed by atoms with van der Waals surface area (Å²) >= 11 is 10.9.